The summed E-state index contributed by atoms with van der Waals surface area (Å²) in [4.78, 5) is 0. The van der Waals surface area contributed by atoms with E-state index in [2.05, 4.69) is 0 Å². The molecule has 0 radical (unpaired) electrons. The number of halogens is 2. The number of hydrogen-bond donors (Lipinski definition) is 1. The highest BCUT2D eigenvalue weighted by Crippen LogP contribution is 2.24. The van der Waals surface area contributed by atoms with Crippen molar-refractivity contribution in [1.82, 2.24) is 0 Å². The topological polar surface area (TPSA) is 29.5 Å². The Kier molecular flexibility index (Phi) is 4.40. The third-order valence-electron chi connectivity index (χ3n) is 2.82. The number of hydrogen-bond acceptors (Lipinski definition) is 2. The highest BCUT2D eigenvalue weighted by atomic mass is 35.5. The monoisotopic (exact) mass is 280 g/mol. The zero-order chi connectivity index (χ0) is 13.8. The van der Waals surface area contributed by atoms with Crippen LogP contribution in [0.2, 0.25) is 5.02 Å². The van der Waals surface area contributed by atoms with Crippen LogP contribution in [0.3, 0.4) is 0 Å². The molecule has 2 rings (SSSR count). The van der Waals surface area contributed by atoms with Crippen LogP contribution in [0, 0.1) is 12.7 Å². The van der Waals surface area contributed by atoms with E-state index >= 15 is 0 Å². The van der Waals surface area contributed by atoms with Gasteiger partial charge in [-0.2, -0.15) is 0 Å². The third kappa shape index (κ3) is 3.25. The first-order valence-electron chi connectivity index (χ1n) is 5.88. The van der Waals surface area contributed by atoms with Crippen molar-refractivity contribution in [2.75, 3.05) is 0 Å². The van der Waals surface area contributed by atoms with Crippen LogP contribution in [0.4, 0.5) is 4.39 Å². The Balaban J connectivity index is 2.19. The summed E-state index contributed by atoms with van der Waals surface area (Å²) in [7, 11) is 0. The molecule has 2 nitrogen and oxygen atoms in total. The van der Waals surface area contributed by atoms with Crippen LogP contribution in [0.15, 0.2) is 36.4 Å². The Bertz CT molecular complexity index is 564. The van der Waals surface area contributed by atoms with Gasteiger partial charge in [-0.1, -0.05) is 35.4 Å². The van der Waals surface area contributed by atoms with Crippen LogP contribution < -0.4 is 4.74 Å². The molecule has 0 aliphatic carbocycles. The van der Waals surface area contributed by atoms with Crippen molar-refractivity contribution in [3.05, 3.63) is 63.9 Å². The van der Waals surface area contributed by atoms with Gasteiger partial charge in [-0.05, 0) is 25.1 Å². The summed E-state index contributed by atoms with van der Waals surface area (Å²) >= 11 is 5.93. The van der Waals surface area contributed by atoms with E-state index in [1.165, 1.54) is 6.07 Å². The maximum atomic E-state index is 13.6. The van der Waals surface area contributed by atoms with E-state index in [-0.39, 0.29) is 13.2 Å². The minimum absolute atomic E-state index is 0.0293. The van der Waals surface area contributed by atoms with Crippen LogP contribution in [0.5, 0.6) is 5.75 Å². The SMILES string of the molecule is Cc1ccc(OCc2c(F)cccc2Cl)c(CO)c1. The van der Waals surface area contributed by atoms with E-state index in [1.807, 2.05) is 19.1 Å². The van der Waals surface area contributed by atoms with Crippen molar-refractivity contribution in [3.8, 4) is 5.75 Å². The molecule has 0 amide bonds. The number of ether oxygens (including phenoxy) is 1. The van der Waals surface area contributed by atoms with Gasteiger partial charge >= 0.3 is 0 Å². The van der Waals surface area contributed by atoms with Gasteiger partial charge in [0.2, 0.25) is 0 Å². The van der Waals surface area contributed by atoms with E-state index in [1.54, 1.807) is 18.2 Å². The smallest absolute Gasteiger partial charge is 0.131 e. The van der Waals surface area contributed by atoms with Crippen molar-refractivity contribution in [3.63, 3.8) is 0 Å². The number of aryl methyl sites for hydroxylation is 1. The fourth-order valence-corrected chi connectivity index (χ4v) is 2.01. The van der Waals surface area contributed by atoms with Gasteiger partial charge in [-0.25, -0.2) is 4.39 Å². The number of aliphatic hydroxyl groups excluding tert-OH is 1. The lowest BCUT2D eigenvalue weighted by Crippen LogP contribution is -2.02. The molecule has 1 N–H and O–H groups in total. The quantitative estimate of drug-likeness (QED) is 0.921. The number of benzene rings is 2. The van der Waals surface area contributed by atoms with Crippen LogP contribution >= 0.6 is 11.6 Å². The standard InChI is InChI=1S/C15H14ClFO2/c1-10-5-6-15(11(7-10)8-18)19-9-12-13(16)3-2-4-14(12)17/h2-7,18H,8-9H2,1H3. The molecular weight excluding hydrogens is 267 g/mol. The molecule has 4 heteroatoms. The van der Waals surface area contributed by atoms with Gasteiger partial charge in [-0.3, -0.25) is 0 Å². The summed E-state index contributed by atoms with van der Waals surface area (Å²) in [5.41, 5.74) is 2.02. The van der Waals surface area contributed by atoms with Gasteiger partial charge in [-0.15, -0.1) is 0 Å². The Labute approximate surface area is 116 Å². The van der Waals surface area contributed by atoms with Crippen molar-refractivity contribution in [2.24, 2.45) is 0 Å². The first kappa shape index (κ1) is 13.8. The molecule has 2 aromatic rings. The zero-order valence-electron chi connectivity index (χ0n) is 10.5. The molecule has 0 heterocycles. The van der Waals surface area contributed by atoms with Crippen LogP contribution in [0.25, 0.3) is 0 Å². The first-order chi connectivity index (χ1) is 9.11. The fourth-order valence-electron chi connectivity index (χ4n) is 1.79. The van der Waals surface area contributed by atoms with Gasteiger partial charge < -0.3 is 9.84 Å². The summed E-state index contributed by atoms with van der Waals surface area (Å²) in [6.45, 7) is 1.83. The van der Waals surface area contributed by atoms with E-state index in [9.17, 15) is 9.50 Å². The molecule has 0 aromatic heterocycles. The van der Waals surface area contributed by atoms with Crippen molar-refractivity contribution in [2.45, 2.75) is 20.1 Å². The summed E-state index contributed by atoms with van der Waals surface area (Å²) in [6.07, 6.45) is 0. The van der Waals surface area contributed by atoms with E-state index in [0.717, 1.165) is 5.56 Å². The normalized spacial score (nSPS) is 10.5. The average Bonchev–Trinajstić information content (AvgIpc) is 2.39. The largest absolute Gasteiger partial charge is 0.488 e. The van der Waals surface area contributed by atoms with E-state index in [4.69, 9.17) is 16.3 Å². The molecule has 0 saturated heterocycles. The second-order valence-corrected chi connectivity index (χ2v) is 4.67. The van der Waals surface area contributed by atoms with Crippen LogP contribution in [0.1, 0.15) is 16.7 Å². The molecule has 0 spiro atoms. The maximum absolute atomic E-state index is 13.6. The van der Waals surface area contributed by atoms with Crippen molar-refractivity contribution >= 4 is 11.6 Å². The zero-order valence-corrected chi connectivity index (χ0v) is 11.2. The molecule has 0 bridgehead atoms. The highest BCUT2D eigenvalue weighted by Gasteiger charge is 2.09. The first-order valence-corrected chi connectivity index (χ1v) is 6.25. The molecular formula is C15H14ClFO2. The van der Waals surface area contributed by atoms with Gasteiger partial charge in [0.05, 0.1) is 11.6 Å². The summed E-state index contributed by atoms with van der Waals surface area (Å²) in [5.74, 6) is 0.137. The second-order valence-electron chi connectivity index (χ2n) is 4.26. The van der Waals surface area contributed by atoms with E-state index in [0.29, 0.717) is 21.9 Å². The average molecular weight is 281 g/mol. The minimum atomic E-state index is -0.398. The number of aliphatic hydroxyl groups is 1. The van der Waals surface area contributed by atoms with Gasteiger partial charge in [0.25, 0.3) is 0 Å². The number of rotatable bonds is 4. The van der Waals surface area contributed by atoms with Crippen LogP contribution in [-0.2, 0) is 13.2 Å². The summed E-state index contributed by atoms with van der Waals surface area (Å²) < 4.78 is 19.1. The fraction of sp³-hybridized carbons (Fsp3) is 0.200. The molecule has 19 heavy (non-hydrogen) atoms. The Morgan fingerprint density at radius 3 is 2.74 bits per heavy atom. The minimum Gasteiger partial charge on any atom is -0.488 e. The Hall–Kier alpha value is -1.58. The Morgan fingerprint density at radius 1 is 1.26 bits per heavy atom. The lowest BCUT2D eigenvalue weighted by molar-refractivity contribution is 0.257. The second kappa shape index (κ2) is 6.04. The molecule has 0 saturated carbocycles. The predicted octanol–water partition coefficient (Wildman–Crippen LogP) is 3.86. The molecule has 0 aliphatic rings. The summed E-state index contributed by atoms with van der Waals surface area (Å²) in [5, 5.41) is 9.60. The third-order valence-corrected chi connectivity index (χ3v) is 3.17. The molecule has 100 valence electrons. The van der Waals surface area contributed by atoms with Crippen LogP contribution in [-0.4, -0.2) is 5.11 Å². The highest BCUT2D eigenvalue weighted by molar-refractivity contribution is 6.31. The molecule has 0 atom stereocenters. The molecule has 0 unspecified atom stereocenters. The van der Waals surface area contributed by atoms with E-state index < -0.39 is 5.82 Å². The maximum Gasteiger partial charge on any atom is 0.131 e. The lowest BCUT2D eigenvalue weighted by atomic mass is 10.1. The molecule has 0 fully saturated rings. The lowest BCUT2D eigenvalue weighted by Gasteiger charge is -2.12. The molecule has 0 aliphatic heterocycles. The van der Waals surface area contributed by atoms with Crippen molar-refractivity contribution < 1.29 is 14.2 Å². The molecule has 2 aromatic carbocycles. The van der Waals surface area contributed by atoms with Gasteiger partial charge in [0.1, 0.15) is 18.2 Å². The van der Waals surface area contributed by atoms with Crippen molar-refractivity contribution in [1.29, 1.82) is 0 Å². The van der Waals surface area contributed by atoms with Gasteiger partial charge in [0.15, 0.2) is 0 Å². The summed E-state index contributed by atoms with van der Waals surface area (Å²) in [6, 6.07) is 9.97. The Morgan fingerprint density at radius 2 is 2.05 bits per heavy atom. The van der Waals surface area contributed by atoms with Gasteiger partial charge in [0, 0.05) is 11.1 Å². The predicted molar refractivity (Wildman–Crippen MR) is 72.8 cm³/mol.